The van der Waals surface area contributed by atoms with Gasteiger partial charge in [-0.2, -0.15) is 0 Å². The maximum absolute atomic E-state index is 13.1. The van der Waals surface area contributed by atoms with Gasteiger partial charge in [0.2, 0.25) is 11.8 Å². The standard InChI is InChI=1S/C16H26N2O3/c1-15(2,3)12-13(19)18(11-7-8-21-9-11)16(4,10-5-6-10)14(20)17-12/h10-12H,5-9H2,1-4H3,(H,17,20). The zero-order valence-electron chi connectivity index (χ0n) is 13.4. The van der Waals surface area contributed by atoms with Crippen LogP contribution in [0.15, 0.2) is 0 Å². The van der Waals surface area contributed by atoms with E-state index in [4.69, 9.17) is 4.74 Å². The lowest BCUT2D eigenvalue weighted by Crippen LogP contribution is -2.74. The highest BCUT2D eigenvalue weighted by Gasteiger charge is 2.60. The smallest absolute Gasteiger partial charge is 0.246 e. The Morgan fingerprint density at radius 1 is 1.24 bits per heavy atom. The fourth-order valence-electron chi connectivity index (χ4n) is 3.72. The van der Waals surface area contributed by atoms with Crippen LogP contribution in [0.4, 0.5) is 0 Å². The fraction of sp³-hybridized carbons (Fsp3) is 0.875. The zero-order valence-corrected chi connectivity index (χ0v) is 13.4. The van der Waals surface area contributed by atoms with Crippen LogP contribution in [-0.2, 0) is 14.3 Å². The third-order valence-electron chi connectivity index (χ3n) is 5.23. The summed E-state index contributed by atoms with van der Waals surface area (Å²) < 4.78 is 5.48. The summed E-state index contributed by atoms with van der Waals surface area (Å²) in [6.45, 7) is 9.17. The van der Waals surface area contributed by atoms with E-state index in [0.29, 0.717) is 19.1 Å². The fourth-order valence-corrected chi connectivity index (χ4v) is 3.72. The molecular formula is C16H26N2O3. The average Bonchev–Trinajstić information content (AvgIpc) is 3.12. The molecule has 5 heteroatoms. The van der Waals surface area contributed by atoms with Gasteiger partial charge in [-0.1, -0.05) is 20.8 Å². The van der Waals surface area contributed by atoms with Gasteiger partial charge >= 0.3 is 0 Å². The van der Waals surface area contributed by atoms with E-state index in [1.807, 2.05) is 32.6 Å². The van der Waals surface area contributed by atoms with E-state index >= 15 is 0 Å². The molecule has 2 heterocycles. The zero-order chi connectivity index (χ0) is 15.4. The van der Waals surface area contributed by atoms with Crippen LogP contribution in [0, 0.1) is 11.3 Å². The van der Waals surface area contributed by atoms with Crippen molar-refractivity contribution in [1.29, 1.82) is 0 Å². The van der Waals surface area contributed by atoms with Gasteiger partial charge in [-0.25, -0.2) is 0 Å². The third-order valence-corrected chi connectivity index (χ3v) is 5.23. The summed E-state index contributed by atoms with van der Waals surface area (Å²) in [6, 6.07) is -0.406. The number of amides is 2. The van der Waals surface area contributed by atoms with E-state index in [9.17, 15) is 9.59 Å². The van der Waals surface area contributed by atoms with Crippen LogP contribution in [0.25, 0.3) is 0 Å². The quantitative estimate of drug-likeness (QED) is 0.835. The van der Waals surface area contributed by atoms with Gasteiger partial charge in [-0.15, -0.1) is 0 Å². The largest absolute Gasteiger partial charge is 0.379 e. The Bertz CT molecular complexity index is 461. The van der Waals surface area contributed by atoms with Crippen LogP contribution in [-0.4, -0.2) is 47.6 Å². The Hall–Kier alpha value is -1.10. The van der Waals surface area contributed by atoms with Crippen molar-refractivity contribution >= 4 is 11.8 Å². The van der Waals surface area contributed by atoms with Gasteiger partial charge < -0.3 is 15.0 Å². The van der Waals surface area contributed by atoms with Gasteiger partial charge in [-0.05, 0) is 37.5 Å². The number of carbonyl (C=O) groups excluding carboxylic acids is 2. The second kappa shape index (κ2) is 4.70. The predicted octanol–water partition coefficient (Wildman–Crippen LogP) is 1.32. The maximum atomic E-state index is 13.1. The van der Waals surface area contributed by atoms with Crippen LogP contribution in [0.5, 0.6) is 0 Å². The summed E-state index contributed by atoms with van der Waals surface area (Å²) in [6.07, 6.45) is 2.89. The van der Waals surface area contributed by atoms with Crippen molar-refractivity contribution in [3.63, 3.8) is 0 Å². The molecule has 2 amide bonds. The molecule has 0 radical (unpaired) electrons. The highest BCUT2D eigenvalue weighted by molar-refractivity contribution is 6.00. The van der Waals surface area contributed by atoms with Gasteiger partial charge in [0.05, 0.1) is 12.6 Å². The SMILES string of the molecule is CC(C)(C)C1NC(=O)C(C)(C2CC2)N(C2CCOC2)C1=O. The number of piperazine rings is 1. The number of nitrogens with zero attached hydrogens (tertiary/aromatic N) is 1. The molecule has 3 unspecified atom stereocenters. The summed E-state index contributed by atoms with van der Waals surface area (Å²) >= 11 is 0. The average molecular weight is 294 g/mol. The highest BCUT2D eigenvalue weighted by atomic mass is 16.5. The van der Waals surface area contributed by atoms with Gasteiger partial charge in [-0.3, -0.25) is 9.59 Å². The second-order valence-electron chi connectivity index (χ2n) is 7.92. The molecule has 0 spiro atoms. The van der Waals surface area contributed by atoms with Gasteiger partial charge in [0.1, 0.15) is 11.6 Å². The lowest BCUT2D eigenvalue weighted by atomic mass is 9.79. The molecule has 3 rings (SSSR count). The summed E-state index contributed by atoms with van der Waals surface area (Å²) in [4.78, 5) is 27.8. The molecule has 1 aliphatic carbocycles. The van der Waals surface area contributed by atoms with E-state index in [0.717, 1.165) is 19.3 Å². The van der Waals surface area contributed by atoms with E-state index in [-0.39, 0.29) is 23.3 Å². The van der Waals surface area contributed by atoms with Crippen LogP contribution >= 0.6 is 0 Å². The minimum atomic E-state index is -0.697. The van der Waals surface area contributed by atoms with E-state index in [1.54, 1.807) is 0 Å². The molecule has 0 bridgehead atoms. The minimum Gasteiger partial charge on any atom is -0.379 e. The molecule has 0 aromatic rings. The van der Waals surface area contributed by atoms with Gasteiger partial charge in [0.15, 0.2) is 0 Å². The summed E-state index contributed by atoms with van der Waals surface area (Å²) in [5.41, 5.74) is -0.980. The topological polar surface area (TPSA) is 58.6 Å². The van der Waals surface area contributed by atoms with Crippen molar-refractivity contribution in [1.82, 2.24) is 10.2 Å². The molecule has 21 heavy (non-hydrogen) atoms. The summed E-state index contributed by atoms with van der Waals surface area (Å²) in [5, 5.41) is 3.00. The highest BCUT2D eigenvalue weighted by Crippen LogP contribution is 2.47. The van der Waals surface area contributed by atoms with Crippen molar-refractivity contribution in [2.24, 2.45) is 11.3 Å². The molecule has 1 saturated carbocycles. The van der Waals surface area contributed by atoms with E-state index < -0.39 is 11.6 Å². The van der Waals surface area contributed by atoms with E-state index in [1.165, 1.54) is 0 Å². The molecule has 1 N–H and O–H groups in total. The number of nitrogens with one attached hydrogen (secondary N) is 1. The molecule has 118 valence electrons. The van der Waals surface area contributed by atoms with Crippen LogP contribution in [0.3, 0.4) is 0 Å². The van der Waals surface area contributed by atoms with Crippen LogP contribution in [0.2, 0.25) is 0 Å². The minimum absolute atomic E-state index is 0.0106. The number of hydrogen-bond acceptors (Lipinski definition) is 3. The third kappa shape index (κ3) is 2.26. The first kappa shape index (κ1) is 14.8. The molecule has 3 atom stereocenters. The van der Waals surface area contributed by atoms with Crippen molar-refractivity contribution in [2.75, 3.05) is 13.2 Å². The van der Waals surface area contributed by atoms with Crippen molar-refractivity contribution in [3.8, 4) is 0 Å². The first-order chi connectivity index (χ1) is 9.76. The predicted molar refractivity (Wildman–Crippen MR) is 78.6 cm³/mol. The first-order valence-electron chi connectivity index (χ1n) is 7.98. The second-order valence-corrected chi connectivity index (χ2v) is 7.92. The molecule has 5 nitrogen and oxygen atoms in total. The van der Waals surface area contributed by atoms with Gasteiger partial charge in [0, 0.05) is 6.61 Å². The Kier molecular flexibility index (Phi) is 3.32. The molecular weight excluding hydrogens is 268 g/mol. The molecule has 0 aromatic carbocycles. The Labute approximate surface area is 126 Å². The van der Waals surface area contributed by atoms with Crippen molar-refractivity contribution in [2.45, 2.75) is 64.6 Å². The van der Waals surface area contributed by atoms with E-state index in [2.05, 4.69) is 5.32 Å². The summed E-state index contributed by atoms with van der Waals surface area (Å²) in [7, 11) is 0. The van der Waals surface area contributed by atoms with Crippen molar-refractivity contribution in [3.05, 3.63) is 0 Å². The molecule has 3 fully saturated rings. The number of hydrogen-bond donors (Lipinski definition) is 1. The van der Waals surface area contributed by atoms with Crippen LogP contribution < -0.4 is 5.32 Å². The Morgan fingerprint density at radius 2 is 1.90 bits per heavy atom. The number of ether oxygens (including phenoxy) is 1. The molecule has 2 saturated heterocycles. The molecule has 3 aliphatic rings. The Morgan fingerprint density at radius 3 is 2.38 bits per heavy atom. The van der Waals surface area contributed by atoms with Gasteiger partial charge in [0.25, 0.3) is 0 Å². The monoisotopic (exact) mass is 294 g/mol. The first-order valence-corrected chi connectivity index (χ1v) is 7.98. The van der Waals surface area contributed by atoms with Crippen molar-refractivity contribution < 1.29 is 14.3 Å². The lowest BCUT2D eigenvalue weighted by molar-refractivity contribution is -0.165. The summed E-state index contributed by atoms with van der Waals surface area (Å²) in [5.74, 6) is 0.367. The maximum Gasteiger partial charge on any atom is 0.246 e. The number of carbonyl (C=O) groups is 2. The molecule has 0 aromatic heterocycles. The lowest BCUT2D eigenvalue weighted by Gasteiger charge is -2.51. The molecule has 2 aliphatic heterocycles. The number of rotatable bonds is 2. The Balaban J connectivity index is 1.98. The normalized spacial score (nSPS) is 37.8. The van der Waals surface area contributed by atoms with Crippen LogP contribution in [0.1, 0.15) is 47.0 Å².